The van der Waals surface area contributed by atoms with Crippen molar-refractivity contribution in [3.8, 4) is 22.5 Å². The number of aryl methyl sites for hydroxylation is 2. The second kappa shape index (κ2) is 13.5. The molecule has 0 unspecified atom stereocenters. The van der Waals surface area contributed by atoms with E-state index in [1.54, 1.807) is 6.08 Å². The Morgan fingerprint density at radius 1 is 0.921 bits per heavy atom. The van der Waals surface area contributed by atoms with Crippen molar-refractivity contribution in [1.82, 2.24) is 4.98 Å². The van der Waals surface area contributed by atoms with Crippen molar-refractivity contribution in [2.45, 2.75) is 46.0 Å². The lowest BCUT2D eigenvalue weighted by Gasteiger charge is -2.27. The lowest BCUT2D eigenvalue weighted by molar-refractivity contribution is -0.660. The summed E-state index contributed by atoms with van der Waals surface area (Å²) >= 11 is 0. The predicted molar refractivity (Wildman–Crippen MR) is 164 cm³/mol. The highest BCUT2D eigenvalue weighted by Gasteiger charge is 2.23. The van der Waals surface area contributed by atoms with Crippen LogP contribution in [0.3, 0.4) is 0 Å². The van der Waals surface area contributed by atoms with Crippen LogP contribution in [0.15, 0.2) is 123 Å². The second-order valence-corrected chi connectivity index (χ2v) is 10.2. The maximum atomic E-state index is 4.48. The zero-order valence-electron chi connectivity index (χ0n) is 23.6. The lowest BCUT2D eigenvalue weighted by Crippen LogP contribution is -2.31. The monoisotopic (exact) mass is 501 g/mol. The highest BCUT2D eigenvalue weighted by molar-refractivity contribution is 5.72. The fourth-order valence-electron chi connectivity index (χ4n) is 4.80. The van der Waals surface area contributed by atoms with E-state index in [0.717, 1.165) is 16.8 Å². The fourth-order valence-corrected chi connectivity index (χ4v) is 4.80. The van der Waals surface area contributed by atoms with Crippen molar-refractivity contribution in [3.63, 3.8) is 0 Å². The van der Waals surface area contributed by atoms with E-state index in [2.05, 4.69) is 130 Å². The molecule has 2 heterocycles. The Morgan fingerprint density at radius 3 is 2.24 bits per heavy atom. The highest BCUT2D eigenvalue weighted by Crippen LogP contribution is 2.35. The van der Waals surface area contributed by atoms with E-state index in [4.69, 9.17) is 0 Å². The Bertz CT molecular complexity index is 1390. The largest absolute Gasteiger partial charge is 0.256 e. The summed E-state index contributed by atoms with van der Waals surface area (Å²) in [6, 6.07) is 27.4. The van der Waals surface area contributed by atoms with Gasteiger partial charge in [-0.15, -0.1) is 0 Å². The number of allylic oxidation sites excluding steroid dienone is 4. The van der Waals surface area contributed by atoms with Gasteiger partial charge in [-0.05, 0) is 59.7 Å². The first kappa shape index (κ1) is 28.5. The van der Waals surface area contributed by atoms with Gasteiger partial charge in [0.15, 0.2) is 6.20 Å². The van der Waals surface area contributed by atoms with Crippen LogP contribution in [-0.4, -0.2) is 4.98 Å². The number of aromatic nitrogens is 2. The van der Waals surface area contributed by atoms with Crippen LogP contribution in [0.5, 0.6) is 0 Å². The molecule has 0 amide bonds. The topological polar surface area (TPSA) is 16.8 Å². The Balaban J connectivity index is 0.000000212. The molecule has 38 heavy (non-hydrogen) atoms. The molecule has 0 saturated heterocycles. The molecule has 0 spiro atoms. The molecule has 0 N–H and O–H groups in total. The van der Waals surface area contributed by atoms with Gasteiger partial charge in [0.05, 0.1) is 5.69 Å². The van der Waals surface area contributed by atoms with E-state index >= 15 is 0 Å². The molecular formula is C36H41N2+. The first-order valence-corrected chi connectivity index (χ1v) is 13.3. The molecule has 2 aromatic heterocycles. The summed E-state index contributed by atoms with van der Waals surface area (Å²) in [5, 5.41) is 0. The van der Waals surface area contributed by atoms with Crippen LogP contribution >= 0.6 is 0 Å². The van der Waals surface area contributed by atoms with Crippen molar-refractivity contribution in [2.75, 3.05) is 0 Å². The third-order valence-corrected chi connectivity index (χ3v) is 6.83. The maximum Gasteiger partial charge on any atom is 0.212 e. The third kappa shape index (κ3) is 7.26. The highest BCUT2D eigenvalue weighted by atomic mass is 14.9. The quantitative estimate of drug-likeness (QED) is 0.174. The van der Waals surface area contributed by atoms with Crippen molar-refractivity contribution >= 4 is 5.57 Å². The van der Waals surface area contributed by atoms with Gasteiger partial charge in [0, 0.05) is 29.0 Å². The van der Waals surface area contributed by atoms with Gasteiger partial charge < -0.3 is 0 Å². The molecule has 4 rings (SSSR count). The molecule has 0 aliphatic carbocycles. The molecule has 4 aromatic rings. The summed E-state index contributed by atoms with van der Waals surface area (Å²) in [6.45, 7) is 16.8. The van der Waals surface area contributed by atoms with Crippen LogP contribution < -0.4 is 4.57 Å². The number of hydrogen-bond acceptors (Lipinski definition) is 1. The average molecular weight is 502 g/mol. The number of nitrogens with zero attached hydrogens (tertiary/aromatic N) is 2. The molecule has 2 aromatic carbocycles. The minimum atomic E-state index is 0.197. The Hall–Kier alpha value is -4.04. The van der Waals surface area contributed by atoms with E-state index in [-0.39, 0.29) is 5.41 Å². The van der Waals surface area contributed by atoms with Crippen LogP contribution in [0.25, 0.3) is 28.1 Å². The van der Waals surface area contributed by atoms with Crippen molar-refractivity contribution in [2.24, 2.45) is 7.05 Å². The normalized spacial score (nSPS) is 11.1. The second-order valence-electron chi connectivity index (χ2n) is 10.2. The first-order valence-electron chi connectivity index (χ1n) is 13.3. The third-order valence-electron chi connectivity index (χ3n) is 6.83. The van der Waals surface area contributed by atoms with Gasteiger partial charge in [-0.1, -0.05) is 107 Å². The zero-order chi connectivity index (χ0) is 27.5. The molecule has 2 heteroatoms. The molecule has 0 atom stereocenters. The van der Waals surface area contributed by atoms with Crippen LogP contribution in [0.2, 0.25) is 0 Å². The van der Waals surface area contributed by atoms with Gasteiger partial charge in [0.25, 0.3) is 0 Å². The molecule has 0 saturated carbocycles. The fraction of sp³-hybridized carbons (Fsp3) is 0.222. The van der Waals surface area contributed by atoms with Crippen molar-refractivity contribution < 1.29 is 4.57 Å². The Kier molecular flexibility index (Phi) is 10.1. The summed E-state index contributed by atoms with van der Waals surface area (Å²) in [5.41, 5.74) is 9.75. The van der Waals surface area contributed by atoms with Crippen LogP contribution in [0.4, 0.5) is 0 Å². The standard InChI is InChI=1S/C19H20N.C17H21N/c1-5-6-9-15(2)17-12-13-19(20(4)14-17)18-11-8-7-10-16(18)3;1-4-12-17(2,3)15-10-6-5-9-14(15)16-11-7-8-13-18-16/h5-14H,1-2H2,3-4H3;5-11,13H,4,12H2,1-3H3/q+1;/b9-6-;. The minimum absolute atomic E-state index is 0.197. The SMILES string of the molecule is C=C/C=C\C(=C)c1ccc(-c2ccccc2C)[n+](C)c1.CCCC(C)(C)c1ccccc1-c1ccccn1. The number of rotatable bonds is 8. The number of hydrogen-bond donors (Lipinski definition) is 0. The van der Waals surface area contributed by atoms with E-state index in [1.807, 2.05) is 30.5 Å². The van der Waals surface area contributed by atoms with Crippen LogP contribution in [-0.2, 0) is 12.5 Å². The minimum Gasteiger partial charge on any atom is -0.256 e. The van der Waals surface area contributed by atoms with Gasteiger partial charge >= 0.3 is 0 Å². The van der Waals surface area contributed by atoms with Gasteiger partial charge in [0.2, 0.25) is 5.69 Å². The summed E-state index contributed by atoms with van der Waals surface area (Å²) in [5.74, 6) is 0. The Morgan fingerprint density at radius 2 is 1.61 bits per heavy atom. The van der Waals surface area contributed by atoms with Gasteiger partial charge in [-0.2, -0.15) is 0 Å². The van der Waals surface area contributed by atoms with Gasteiger partial charge in [-0.25, -0.2) is 4.57 Å². The summed E-state index contributed by atoms with van der Waals surface area (Å²) in [6.07, 6.45) is 12.0. The summed E-state index contributed by atoms with van der Waals surface area (Å²) in [4.78, 5) is 4.48. The molecular weight excluding hydrogens is 460 g/mol. The number of benzene rings is 2. The molecule has 2 nitrogen and oxygen atoms in total. The molecule has 0 aliphatic rings. The average Bonchev–Trinajstić information content (AvgIpc) is 2.93. The molecule has 0 fully saturated rings. The predicted octanol–water partition coefficient (Wildman–Crippen LogP) is 9.07. The molecule has 0 bridgehead atoms. The van der Waals surface area contributed by atoms with Crippen molar-refractivity contribution in [3.05, 3.63) is 139 Å². The molecule has 194 valence electrons. The van der Waals surface area contributed by atoms with Gasteiger partial charge in [-0.3, -0.25) is 4.98 Å². The Labute approximate surface area is 229 Å². The van der Waals surface area contributed by atoms with Gasteiger partial charge in [0.1, 0.15) is 7.05 Å². The zero-order valence-corrected chi connectivity index (χ0v) is 23.6. The smallest absolute Gasteiger partial charge is 0.212 e. The van der Waals surface area contributed by atoms with E-state index in [9.17, 15) is 0 Å². The summed E-state index contributed by atoms with van der Waals surface area (Å²) in [7, 11) is 2.07. The van der Waals surface area contributed by atoms with E-state index < -0.39 is 0 Å². The van der Waals surface area contributed by atoms with Crippen molar-refractivity contribution in [1.29, 1.82) is 0 Å². The van der Waals surface area contributed by atoms with Crippen LogP contribution in [0.1, 0.15) is 50.3 Å². The van der Waals surface area contributed by atoms with Crippen LogP contribution in [0, 0.1) is 6.92 Å². The summed E-state index contributed by atoms with van der Waals surface area (Å²) < 4.78 is 2.14. The molecule has 0 aliphatic heterocycles. The van der Waals surface area contributed by atoms with E-state index in [1.165, 1.54) is 40.8 Å². The molecule has 0 radical (unpaired) electrons. The lowest BCUT2D eigenvalue weighted by atomic mass is 9.78. The number of pyridine rings is 2. The first-order chi connectivity index (χ1) is 18.3. The maximum absolute atomic E-state index is 4.48. The van der Waals surface area contributed by atoms with E-state index in [0.29, 0.717) is 0 Å².